The Labute approximate surface area is 151 Å². The molecule has 1 atom stereocenters. The van der Waals surface area contributed by atoms with Gasteiger partial charge < -0.3 is 14.9 Å². The molecule has 1 unspecified atom stereocenters. The number of carbonyl (C=O) groups excluding carboxylic acids is 2. The number of amides is 2. The third-order valence-electron chi connectivity index (χ3n) is 5.32. The third kappa shape index (κ3) is 3.86. The maximum atomic E-state index is 13.8. The smallest absolute Gasteiger partial charge is 0.308 e. The van der Waals surface area contributed by atoms with Gasteiger partial charge in [0.15, 0.2) is 0 Å². The van der Waals surface area contributed by atoms with Gasteiger partial charge in [0, 0.05) is 32.1 Å². The predicted octanol–water partition coefficient (Wildman–Crippen LogP) is 2.00. The number of hydrogen-bond donors (Lipinski definition) is 1. The van der Waals surface area contributed by atoms with Gasteiger partial charge in [0.05, 0.1) is 11.5 Å². The first-order valence-electron chi connectivity index (χ1n) is 9.02. The van der Waals surface area contributed by atoms with Gasteiger partial charge in [0.2, 0.25) is 5.91 Å². The number of hydrogen-bond acceptors (Lipinski definition) is 3. The number of halogens is 1. The van der Waals surface area contributed by atoms with E-state index in [1.54, 1.807) is 21.9 Å². The Morgan fingerprint density at radius 2 is 1.65 bits per heavy atom. The summed E-state index contributed by atoms with van der Waals surface area (Å²) in [5.41, 5.74) is 0.0533. The Morgan fingerprint density at radius 1 is 0.962 bits per heavy atom. The van der Waals surface area contributed by atoms with E-state index in [0.717, 1.165) is 0 Å². The Balaban J connectivity index is 1.56. The minimum absolute atomic E-state index is 0.0195. The fraction of sp³-hybridized carbons (Fsp3) is 0.526. The molecular weight excluding hydrogens is 339 g/mol. The molecule has 0 bridgehead atoms. The highest BCUT2D eigenvalue weighted by atomic mass is 19.1. The molecule has 0 radical (unpaired) electrons. The highest BCUT2D eigenvalue weighted by molar-refractivity contribution is 5.94. The largest absolute Gasteiger partial charge is 0.481 e. The lowest BCUT2D eigenvalue weighted by molar-refractivity contribution is -0.147. The van der Waals surface area contributed by atoms with Crippen LogP contribution in [0.25, 0.3) is 0 Å². The summed E-state index contributed by atoms with van der Waals surface area (Å²) in [6.07, 6.45) is 2.35. The van der Waals surface area contributed by atoms with Gasteiger partial charge in [-0.05, 0) is 37.8 Å². The molecule has 6 nitrogen and oxygen atoms in total. The maximum absolute atomic E-state index is 13.8. The molecular formula is C19H23FN2O4. The van der Waals surface area contributed by atoms with Gasteiger partial charge >= 0.3 is 5.97 Å². The van der Waals surface area contributed by atoms with E-state index in [9.17, 15) is 18.8 Å². The van der Waals surface area contributed by atoms with Crippen LogP contribution in [0.2, 0.25) is 0 Å². The third-order valence-corrected chi connectivity index (χ3v) is 5.32. The molecule has 2 saturated heterocycles. The number of likely N-dealkylation sites (tertiary alicyclic amines) is 2. The van der Waals surface area contributed by atoms with Crippen molar-refractivity contribution in [2.75, 3.05) is 26.2 Å². The first-order valence-corrected chi connectivity index (χ1v) is 9.02. The topological polar surface area (TPSA) is 77.9 Å². The number of nitrogens with zero attached hydrogens (tertiary/aromatic N) is 2. The Kier molecular flexibility index (Phi) is 5.54. The molecule has 3 rings (SSSR count). The summed E-state index contributed by atoms with van der Waals surface area (Å²) in [4.78, 5) is 39.5. The van der Waals surface area contributed by atoms with Gasteiger partial charge in [0.1, 0.15) is 5.82 Å². The summed E-state index contributed by atoms with van der Waals surface area (Å²) >= 11 is 0. The first-order chi connectivity index (χ1) is 12.5. The van der Waals surface area contributed by atoms with Gasteiger partial charge in [-0.1, -0.05) is 12.1 Å². The highest BCUT2D eigenvalue weighted by Crippen LogP contribution is 2.25. The predicted molar refractivity (Wildman–Crippen MR) is 92.0 cm³/mol. The fourth-order valence-corrected chi connectivity index (χ4v) is 3.77. The van der Waals surface area contributed by atoms with Crippen LogP contribution in [0.4, 0.5) is 4.39 Å². The lowest BCUT2D eigenvalue weighted by atomic mass is 9.92. The Hall–Kier alpha value is -2.44. The fourth-order valence-electron chi connectivity index (χ4n) is 3.77. The summed E-state index contributed by atoms with van der Waals surface area (Å²) in [7, 11) is 0. The molecule has 26 heavy (non-hydrogen) atoms. The molecule has 1 N–H and O–H groups in total. The summed E-state index contributed by atoms with van der Waals surface area (Å²) in [6.45, 7) is 1.67. The molecule has 140 valence electrons. The van der Waals surface area contributed by atoms with E-state index in [0.29, 0.717) is 45.3 Å². The Bertz CT molecular complexity index is 701. The van der Waals surface area contributed by atoms with Gasteiger partial charge in [-0.2, -0.15) is 0 Å². The Morgan fingerprint density at radius 3 is 2.31 bits per heavy atom. The molecule has 2 aliphatic rings. The number of carboxylic acid groups (broad SMARTS) is 1. The van der Waals surface area contributed by atoms with Crippen molar-refractivity contribution in [1.29, 1.82) is 0 Å². The average Bonchev–Trinajstić information content (AvgIpc) is 2.67. The molecule has 7 heteroatoms. The van der Waals surface area contributed by atoms with Crippen molar-refractivity contribution < 1.29 is 23.9 Å². The van der Waals surface area contributed by atoms with Crippen molar-refractivity contribution in [3.8, 4) is 0 Å². The summed E-state index contributed by atoms with van der Waals surface area (Å²) < 4.78 is 13.8. The molecule has 2 fully saturated rings. The van der Waals surface area contributed by atoms with E-state index in [4.69, 9.17) is 5.11 Å². The van der Waals surface area contributed by atoms with E-state index in [2.05, 4.69) is 0 Å². The van der Waals surface area contributed by atoms with Crippen molar-refractivity contribution in [2.24, 2.45) is 11.8 Å². The zero-order chi connectivity index (χ0) is 18.7. The van der Waals surface area contributed by atoms with Crippen LogP contribution >= 0.6 is 0 Å². The molecule has 0 aromatic heterocycles. The van der Waals surface area contributed by atoms with Crippen LogP contribution in [-0.4, -0.2) is 58.9 Å². The summed E-state index contributed by atoms with van der Waals surface area (Å²) in [6, 6.07) is 5.90. The molecule has 2 heterocycles. The molecule has 1 aromatic carbocycles. The minimum Gasteiger partial charge on any atom is -0.481 e. The number of benzene rings is 1. The van der Waals surface area contributed by atoms with E-state index in [1.165, 1.54) is 12.1 Å². The maximum Gasteiger partial charge on any atom is 0.308 e. The van der Waals surface area contributed by atoms with Crippen LogP contribution in [0.3, 0.4) is 0 Å². The zero-order valence-electron chi connectivity index (χ0n) is 14.6. The molecule has 2 amide bonds. The van der Waals surface area contributed by atoms with Crippen LogP contribution in [0.15, 0.2) is 24.3 Å². The quantitative estimate of drug-likeness (QED) is 0.892. The van der Waals surface area contributed by atoms with Gasteiger partial charge in [-0.3, -0.25) is 14.4 Å². The first kappa shape index (κ1) is 18.4. The molecule has 0 aliphatic carbocycles. The van der Waals surface area contributed by atoms with Crippen LogP contribution < -0.4 is 0 Å². The van der Waals surface area contributed by atoms with Crippen LogP contribution in [-0.2, 0) is 9.59 Å². The highest BCUT2D eigenvalue weighted by Gasteiger charge is 2.34. The second-order valence-corrected chi connectivity index (χ2v) is 7.01. The van der Waals surface area contributed by atoms with Crippen LogP contribution in [0, 0.1) is 17.7 Å². The summed E-state index contributed by atoms with van der Waals surface area (Å²) in [5, 5.41) is 9.16. The second-order valence-electron chi connectivity index (χ2n) is 7.01. The SMILES string of the molecule is O=C(O)C1CCCN(C(=O)C2CCN(C(=O)c3ccccc3F)CC2)C1. The molecule has 0 saturated carbocycles. The number of carboxylic acids is 1. The number of piperidine rings is 2. The van der Waals surface area contributed by atoms with Gasteiger partial charge in [0.25, 0.3) is 5.91 Å². The standard InChI is InChI=1S/C19H23FN2O4/c20-16-6-2-1-5-15(16)18(24)21-10-7-13(8-11-21)17(23)22-9-3-4-14(12-22)19(25)26/h1-2,5-6,13-14H,3-4,7-12H2,(H,25,26). The van der Waals surface area contributed by atoms with Crippen LogP contribution in [0.5, 0.6) is 0 Å². The van der Waals surface area contributed by atoms with Crippen molar-refractivity contribution in [2.45, 2.75) is 25.7 Å². The lowest BCUT2D eigenvalue weighted by Gasteiger charge is -2.37. The van der Waals surface area contributed by atoms with Crippen molar-refractivity contribution in [3.05, 3.63) is 35.6 Å². The molecule has 2 aliphatic heterocycles. The second kappa shape index (κ2) is 7.85. The van der Waals surface area contributed by atoms with Gasteiger partial charge in [-0.15, -0.1) is 0 Å². The van der Waals surface area contributed by atoms with E-state index in [1.807, 2.05) is 0 Å². The molecule has 1 aromatic rings. The number of rotatable bonds is 3. The summed E-state index contributed by atoms with van der Waals surface area (Å²) in [5.74, 6) is -2.45. The van der Waals surface area contributed by atoms with E-state index < -0.39 is 17.7 Å². The van der Waals surface area contributed by atoms with Crippen molar-refractivity contribution >= 4 is 17.8 Å². The molecule has 0 spiro atoms. The number of carbonyl (C=O) groups is 3. The normalized spacial score (nSPS) is 21.5. The lowest BCUT2D eigenvalue weighted by Crippen LogP contribution is -2.48. The van der Waals surface area contributed by atoms with E-state index in [-0.39, 0.29) is 29.8 Å². The van der Waals surface area contributed by atoms with Crippen LogP contribution in [0.1, 0.15) is 36.0 Å². The van der Waals surface area contributed by atoms with E-state index >= 15 is 0 Å². The van der Waals surface area contributed by atoms with Gasteiger partial charge in [-0.25, -0.2) is 4.39 Å². The van der Waals surface area contributed by atoms with Crippen molar-refractivity contribution in [3.63, 3.8) is 0 Å². The minimum atomic E-state index is -0.854. The van der Waals surface area contributed by atoms with Crippen molar-refractivity contribution in [1.82, 2.24) is 9.80 Å². The average molecular weight is 362 g/mol. The monoisotopic (exact) mass is 362 g/mol. The zero-order valence-corrected chi connectivity index (χ0v) is 14.6. The number of aliphatic carboxylic acids is 1.